The maximum absolute atomic E-state index is 10.5. The number of rotatable bonds is 5. The lowest BCUT2D eigenvalue weighted by Crippen LogP contribution is -2.00. The molecule has 102 valence electrons. The van der Waals surface area contributed by atoms with E-state index in [-0.39, 0.29) is 0 Å². The van der Waals surface area contributed by atoms with Crippen LogP contribution in [0.3, 0.4) is 0 Å². The molecule has 0 aliphatic heterocycles. The summed E-state index contributed by atoms with van der Waals surface area (Å²) in [6.45, 7) is 4.80. The van der Waals surface area contributed by atoms with Crippen LogP contribution in [0.15, 0.2) is 34.8 Å². The van der Waals surface area contributed by atoms with E-state index in [0.29, 0.717) is 6.61 Å². The molecule has 0 aliphatic carbocycles. The van der Waals surface area contributed by atoms with E-state index >= 15 is 0 Å². The Balaban J connectivity index is 2.23. The number of halogens is 1. The summed E-state index contributed by atoms with van der Waals surface area (Å²) >= 11 is 5.10. The molecule has 19 heavy (non-hydrogen) atoms. The van der Waals surface area contributed by atoms with E-state index in [9.17, 15) is 5.11 Å². The highest BCUT2D eigenvalue weighted by Crippen LogP contribution is 2.36. The van der Waals surface area contributed by atoms with Crippen molar-refractivity contribution < 1.29 is 9.84 Å². The first kappa shape index (κ1) is 14.6. The summed E-state index contributed by atoms with van der Waals surface area (Å²) in [4.78, 5) is 2.12. The summed E-state index contributed by atoms with van der Waals surface area (Å²) in [6, 6.07) is 9.69. The van der Waals surface area contributed by atoms with Gasteiger partial charge in [-0.25, -0.2) is 0 Å². The Hall–Kier alpha value is -0.840. The van der Waals surface area contributed by atoms with Crippen LogP contribution in [0.25, 0.3) is 0 Å². The molecule has 0 radical (unpaired) electrons. The highest BCUT2D eigenvalue weighted by atomic mass is 79.9. The van der Waals surface area contributed by atoms with Crippen LogP contribution in [0.1, 0.15) is 34.8 Å². The Bertz CT molecular complexity index is 551. The molecule has 1 unspecified atom stereocenters. The number of aliphatic hydroxyl groups excluding tert-OH is 1. The predicted molar refractivity (Wildman–Crippen MR) is 83.0 cm³/mol. The van der Waals surface area contributed by atoms with E-state index in [4.69, 9.17) is 4.74 Å². The molecule has 1 atom stereocenters. The van der Waals surface area contributed by atoms with Crippen LogP contribution in [-0.2, 0) is 0 Å². The highest BCUT2D eigenvalue weighted by molar-refractivity contribution is 9.10. The number of hydrogen-bond donors (Lipinski definition) is 1. The van der Waals surface area contributed by atoms with Gasteiger partial charge in [0.1, 0.15) is 11.9 Å². The van der Waals surface area contributed by atoms with Gasteiger partial charge < -0.3 is 9.84 Å². The fourth-order valence-electron chi connectivity index (χ4n) is 1.83. The minimum atomic E-state index is -0.613. The van der Waals surface area contributed by atoms with Crippen molar-refractivity contribution in [2.45, 2.75) is 26.4 Å². The number of aryl methyl sites for hydroxylation is 1. The summed E-state index contributed by atoms with van der Waals surface area (Å²) in [5, 5.41) is 10.5. The van der Waals surface area contributed by atoms with Crippen molar-refractivity contribution in [2.75, 3.05) is 6.61 Å². The first-order chi connectivity index (χ1) is 9.11. The lowest BCUT2D eigenvalue weighted by Gasteiger charge is -2.12. The predicted octanol–water partition coefficient (Wildman–Crippen LogP) is 4.69. The van der Waals surface area contributed by atoms with E-state index in [0.717, 1.165) is 27.1 Å². The third-order valence-electron chi connectivity index (χ3n) is 2.73. The Kier molecular flexibility index (Phi) is 5.02. The number of ether oxygens (including phenoxy) is 1. The van der Waals surface area contributed by atoms with Crippen LogP contribution >= 0.6 is 27.3 Å². The molecule has 0 spiro atoms. The molecule has 1 aromatic carbocycles. The molecular weight excluding hydrogens is 324 g/mol. The van der Waals surface area contributed by atoms with E-state index in [2.05, 4.69) is 22.9 Å². The van der Waals surface area contributed by atoms with Crippen molar-refractivity contribution in [3.8, 4) is 5.75 Å². The maximum Gasteiger partial charge on any atom is 0.119 e. The second-order valence-corrected chi connectivity index (χ2v) is 6.53. The average molecular weight is 341 g/mol. The van der Waals surface area contributed by atoms with Crippen LogP contribution < -0.4 is 4.74 Å². The molecule has 1 heterocycles. The van der Waals surface area contributed by atoms with Crippen molar-refractivity contribution >= 4 is 27.3 Å². The van der Waals surface area contributed by atoms with Gasteiger partial charge in [0.25, 0.3) is 0 Å². The number of thiophene rings is 1. The average Bonchev–Trinajstić information content (AvgIpc) is 2.75. The molecule has 2 rings (SSSR count). The molecule has 0 saturated heterocycles. The Morgan fingerprint density at radius 2 is 2.16 bits per heavy atom. The second-order valence-electron chi connectivity index (χ2n) is 4.39. The van der Waals surface area contributed by atoms with Crippen LogP contribution in [0.5, 0.6) is 5.75 Å². The zero-order valence-electron chi connectivity index (χ0n) is 11.0. The van der Waals surface area contributed by atoms with Gasteiger partial charge in [0.05, 0.1) is 11.5 Å². The lowest BCUT2D eigenvalue weighted by molar-refractivity contribution is 0.222. The second kappa shape index (κ2) is 6.55. The number of benzene rings is 1. The number of aliphatic hydroxyl groups is 1. The van der Waals surface area contributed by atoms with Crippen LogP contribution in [0.4, 0.5) is 0 Å². The zero-order chi connectivity index (χ0) is 13.8. The van der Waals surface area contributed by atoms with Gasteiger partial charge in [-0.1, -0.05) is 19.1 Å². The Morgan fingerprint density at radius 3 is 2.79 bits per heavy atom. The van der Waals surface area contributed by atoms with Gasteiger partial charge in [0, 0.05) is 9.35 Å². The molecule has 1 aromatic heterocycles. The topological polar surface area (TPSA) is 29.5 Å². The van der Waals surface area contributed by atoms with Gasteiger partial charge in [-0.2, -0.15) is 0 Å². The molecule has 1 N–H and O–H groups in total. The normalized spacial score (nSPS) is 12.4. The van der Waals surface area contributed by atoms with Crippen LogP contribution in [0.2, 0.25) is 0 Å². The first-order valence-electron chi connectivity index (χ1n) is 6.28. The van der Waals surface area contributed by atoms with Crippen molar-refractivity contribution in [2.24, 2.45) is 0 Å². The summed E-state index contributed by atoms with van der Waals surface area (Å²) in [7, 11) is 0. The molecular formula is C15H17BrO2S. The Morgan fingerprint density at radius 1 is 1.37 bits per heavy atom. The summed E-state index contributed by atoms with van der Waals surface area (Å²) < 4.78 is 6.56. The monoisotopic (exact) mass is 340 g/mol. The van der Waals surface area contributed by atoms with Crippen molar-refractivity contribution in [1.82, 2.24) is 0 Å². The minimum absolute atomic E-state index is 0.613. The molecule has 4 heteroatoms. The molecule has 0 bridgehead atoms. The van der Waals surface area contributed by atoms with Gasteiger partial charge in [-0.05, 0) is 53.0 Å². The molecule has 0 fully saturated rings. The molecule has 0 amide bonds. The summed E-state index contributed by atoms with van der Waals surface area (Å²) in [5.74, 6) is 0.808. The van der Waals surface area contributed by atoms with E-state index in [1.807, 2.05) is 37.3 Å². The quantitative estimate of drug-likeness (QED) is 0.855. The smallest absolute Gasteiger partial charge is 0.119 e. The molecule has 0 saturated carbocycles. The fourth-order valence-corrected chi connectivity index (χ4v) is 3.72. The number of hydrogen-bond acceptors (Lipinski definition) is 3. The minimum Gasteiger partial charge on any atom is -0.494 e. The lowest BCUT2D eigenvalue weighted by atomic mass is 10.1. The fraction of sp³-hybridized carbons (Fsp3) is 0.333. The highest BCUT2D eigenvalue weighted by Gasteiger charge is 2.16. The maximum atomic E-state index is 10.5. The zero-order valence-corrected chi connectivity index (χ0v) is 13.4. The van der Waals surface area contributed by atoms with Gasteiger partial charge in [0.2, 0.25) is 0 Å². The SMILES string of the molecule is CCCOc1cccc(C(O)c2sc(C)cc2Br)c1. The van der Waals surface area contributed by atoms with Crippen molar-refractivity contribution in [3.05, 3.63) is 50.1 Å². The largest absolute Gasteiger partial charge is 0.494 e. The Labute approximate surface area is 126 Å². The van der Waals surface area contributed by atoms with Gasteiger partial charge >= 0.3 is 0 Å². The molecule has 0 aliphatic rings. The summed E-state index contributed by atoms with van der Waals surface area (Å²) in [6.07, 6.45) is 0.362. The van der Waals surface area contributed by atoms with E-state index in [1.165, 1.54) is 4.88 Å². The standard InChI is InChI=1S/C15H17BrO2S/c1-3-7-18-12-6-4-5-11(9-12)14(17)15-13(16)8-10(2)19-15/h4-6,8-9,14,17H,3,7H2,1-2H3. The van der Waals surface area contributed by atoms with Gasteiger partial charge in [-0.15, -0.1) is 11.3 Å². The van der Waals surface area contributed by atoms with Gasteiger partial charge in [-0.3, -0.25) is 0 Å². The van der Waals surface area contributed by atoms with Crippen LogP contribution in [0, 0.1) is 6.92 Å². The van der Waals surface area contributed by atoms with Crippen molar-refractivity contribution in [1.29, 1.82) is 0 Å². The third kappa shape index (κ3) is 3.59. The summed E-state index contributed by atoms with van der Waals surface area (Å²) in [5.41, 5.74) is 0.858. The first-order valence-corrected chi connectivity index (χ1v) is 7.89. The molecule has 2 nitrogen and oxygen atoms in total. The van der Waals surface area contributed by atoms with E-state index < -0.39 is 6.10 Å². The molecule has 2 aromatic rings. The van der Waals surface area contributed by atoms with E-state index in [1.54, 1.807) is 11.3 Å². The van der Waals surface area contributed by atoms with Crippen LogP contribution in [-0.4, -0.2) is 11.7 Å². The van der Waals surface area contributed by atoms with Gasteiger partial charge in [0.15, 0.2) is 0 Å². The third-order valence-corrected chi connectivity index (χ3v) is 4.75. The van der Waals surface area contributed by atoms with Crippen molar-refractivity contribution in [3.63, 3.8) is 0 Å².